The minimum Gasteiger partial charge on any atom is -0.481 e. The Morgan fingerprint density at radius 1 is 1.24 bits per heavy atom. The first-order valence-electron chi connectivity index (χ1n) is 7.37. The van der Waals surface area contributed by atoms with Crippen molar-refractivity contribution in [3.8, 4) is 0 Å². The molecule has 0 saturated heterocycles. The molecule has 5 nitrogen and oxygen atoms in total. The molecular weight excluding hydrogens is 268 g/mol. The first-order valence-corrected chi connectivity index (χ1v) is 7.37. The zero-order chi connectivity index (χ0) is 15.2. The third-order valence-corrected chi connectivity index (χ3v) is 3.95. The number of hydrogen-bond acceptors (Lipinski definition) is 2. The average molecular weight is 290 g/mol. The van der Waals surface area contributed by atoms with E-state index in [0.717, 1.165) is 18.4 Å². The van der Waals surface area contributed by atoms with E-state index in [-0.39, 0.29) is 18.0 Å². The largest absolute Gasteiger partial charge is 0.481 e. The van der Waals surface area contributed by atoms with Crippen molar-refractivity contribution in [3.05, 3.63) is 35.4 Å². The topological polar surface area (TPSA) is 78.4 Å². The highest BCUT2D eigenvalue weighted by molar-refractivity contribution is 5.74. The van der Waals surface area contributed by atoms with Gasteiger partial charge in [0.15, 0.2) is 0 Å². The second-order valence-electron chi connectivity index (χ2n) is 5.70. The fourth-order valence-corrected chi connectivity index (χ4v) is 2.73. The number of rotatable bonds is 4. The molecule has 0 bridgehead atoms. The second kappa shape index (κ2) is 7.11. The summed E-state index contributed by atoms with van der Waals surface area (Å²) in [6, 6.07) is 7.90. The third-order valence-electron chi connectivity index (χ3n) is 3.95. The Labute approximate surface area is 124 Å². The lowest BCUT2D eigenvalue weighted by Crippen LogP contribution is -2.43. The van der Waals surface area contributed by atoms with Crippen LogP contribution >= 0.6 is 0 Å². The molecule has 0 heterocycles. The maximum absolute atomic E-state index is 11.8. The van der Waals surface area contributed by atoms with E-state index in [4.69, 9.17) is 5.11 Å². The smallest absolute Gasteiger partial charge is 0.315 e. The average Bonchev–Trinajstić information content (AvgIpc) is 2.46. The molecule has 0 aliphatic heterocycles. The summed E-state index contributed by atoms with van der Waals surface area (Å²) in [4.78, 5) is 22.7. The molecule has 0 aromatic heterocycles. The summed E-state index contributed by atoms with van der Waals surface area (Å²) in [5.41, 5.74) is 2.24. The van der Waals surface area contributed by atoms with E-state index < -0.39 is 5.97 Å². The normalized spacial score (nSPS) is 21.6. The van der Waals surface area contributed by atoms with Crippen LogP contribution in [0.4, 0.5) is 4.79 Å². The van der Waals surface area contributed by atoms with Crippen LogP contribution in [0.15, 0.2) is 24.3 Å². The van der Waals surface area contributed by atoms with Crippen molar-refractivity contribution in [1.29, 1.82) is 0 Å². The lowest BCUT2D eigenvalue weighted by atomic mass is 9.86. The van der Waals surface area contributed by atoms with Gasteiger partial charge in [-0.2, -0.15) is 0 Å². The molecular formula is C16H22N2O3. The van der Waals surface area contributed by atoms with Gasteiger partial charge in [-0.25, -0.2) is 4.79 Å². The molecule has 1 aliphatic rings. The van der Waals surface area contributed by atoms with Crippen LogP contribution in [0.25, 0.3) is 0 Å². The summed E-state index contributed by atoms with van der Waals surface area (Å²) in [7, 11) is 0. The molecule has 0 radical (unpaired) electrons. The summed E-state index contributed by atoms with van der Waals surface area (Å²) in [6.45, 7) is 2.52. The maximum atomic E-state index is 11.8. The number of nitrogens with one attached hydrogen (secondary N) is 2. The SMILES string of the molecule is Cc1cccc(CNC(=O)NC2CCC(C(=O)O)CC2)c1. The van der Waals surface area contributed by atoms with Gasteiger partial charge in [-0.1, -0.05) is 29.8 Å². The van der Waals surface area contributed by atoms with Gasteiger partial charge in [0.1, 0.15) is 0 Å². The zero-order valence-corrected chi connectivity index (χ0v) is 12.3. The van der Waals surface area contributed by atoms with Crippen molar-refractivity contribution in [2.45, 2.75) is 45.2 Å². The molecule has 1 aliphatic carbocycles. The fraction of sp³-hybridized carbons (Fsp3) is 0.500. The molecule has 1 fully saturated rings. The number of aryl methyl sites for hydroxylation is 1. The molecule has 114 valence electrons. The number of carboxylic acids is 1. The van der Waals surface area contributed by atoms with Gasteiger partial charge < -0.3 is 15.7 Å². The van der Waals surface area contributed by atoms with Crippen molar-refractivity contribution in [2.75, 3.05) is 0 Å². The van der Waals surface area contributed by atoms with Crippen molar-refractivity contribution in [2.24, 2.45) is 5.92 Å². The van der Waals surface area contributed by atoms with Gasteiger partial charge in [0.25, 0.3) is 0 Å². The molecule has 1 aromatic rings. The molecule has 5 heteroatoms. The van der Waals surface area contributed by atoms with Crippen LogP contribution in [-0.2, 0) is 11.3 Å². The van der Waals surface area contributed by atoms with Crippen molar-refractivity contribution in [3.63, 3.8) is 0 Å². The van der Waals surface area contributed by atoms with E-state index in [1.54, 1.807) is 0 Å². The van der Waals surface area contributed by atoms with Gasteiger partial charge in [0.05, 0.1) is 5.92 Å². The Hall–Kier alpha value is -2.04. The lowest BCUT2D eigenvalue weighted by molar-refractivity contribution is -0.142. The van der Waals surface area contributed by atoms with E-state index in [1.165, 1.54) is 5.56 Å². The van der Waals surface area contributed by atoms with Gasteiger partial charge in [-0.15, -0.1) is 0 Å². The highest BCUT2D eigenvalue weighted by atomic mass is 16.4. The van der Waals surface area contributed by atoms with Crippen LogP contribution in [0, 0.1) is 12.8 Å². The monoisotopic (exact) mass is 290 g/mol. The number of carbonyl (C=O) groups is 2. The zero-order valence-electron chi connectivity index (χ0n) is 12.3. The molecule has 1 saturated carbocycles. The van der Waals surface area contributed by atoms with Crippen molar-refractivity contribution >= 4 is 12.0 Å². The molecule has 1 aromatic carbocycles. The Balaban J connectivity index is 1.72. The van der Waals surface area contributed by atoms with E-state index in [1.807, 2.05) is 31.2 Å². The van der Waals surface area contributed by atoms with Gasteiger partial charge in [-0.3, -0.25) is 4.79 Å². The lowest BCUT2D eigenvalue weighted by Gasteiger charge is -2.26. The van der Waals surface area contributed by atoms with Gasteiger partial charge >= 0.3 is 12.0 Å². The highest BCUT2D eigenvalue weighted by Crippen LogP contribution is 2.24. The standard InChI is InChI=1S/C16H22N2O3/c1-11-3-2-4-12(9-11)10-17-16(21)18-14-7-5-13(6-8-14)15(19)20/h2-4,9,13-14H,5-8,10H2,1H3,(H,19,20)(H2,17,18,21). The van der Waals surface area contributed by atoms with Crippen LogP contribution in [-0.4, -0.2) is 23.1 Å². The van der Waals surface area contributed by atoms with Crippen LogP contribution < -0.4 is 10.6 Å². The molecule has 0 unspecified atom stereocenters. The second-order valence-corrected chi connectivity index (χ2v) is 5.70. The Morgan fingerprint density at radius 3 is 2.57 bits per heavy atom. The summed E-state index contributed by atoms with van der Waals surface area (Å²) in [5, 5.41) is 14.7. The number of benzene rings is 1. The predicted molar refractivity (Wildman–Crippen MR) is 79.9 cm³/mol. The number of amides is 2. The Bertz CT molecular complexity index is 508. The molecule has 0 atom stereocenters. The van der Waals surface area contributed by atoms with Crippen LogP contribution in [0.1, 0.15) is 36.8 Å². The minimum absolute atomic E-state index is 0.0816. The van der Waals surface area contributed by atoms with Crippen LogP contribution in [0.3, 0.4) is 0 Å². The van der Waals surface area contributed by atoms with E-state index in [0.29, 0.717) is 19.4 Å². The summed E-state index contributed by atoms with van der Waals surface area (Å²) < 4.78 is 0. The number of hydrogen-bond donors (Lipinski definition) is 3. The predicted octanol–water partition coefficient (Wildman–Crippen LogP) is 2.44. The number of carbonyl (C=O) groups excluding carboxylic acids is 1. The molecule has 21 heavy (non-hydrogen) atoms. The molecule has 3 N–H and O–H groups in total. The summed E-state index contributed by atoms with van der Waals surface area (Å²) >= 11 is 0. The highest BCUT2D eigenvalue weighted by Gasteiger charge is 2.26. The first-order chi connectivity index (χ1) is 10.0. The van der Waals surface area contributed by atoms with Crippen molar-refractivity contribution < 1.29 is 14.7 Å². The number of carboxylic acid groups (broad SMARTS) is 1. The molecule has 0 spiro atoms. The van der Waals surface area contributed by atoms with E-state index in [2.05, 4.69) is 10.6 Å². The minimum atomic E-state index is -0.725. The first kappa shape index (κ1) is 15.4. The van der Waals surface area contributed by atoms with Crippen LogP contribution in [0.5, 0.6) is 0 Å². The van der Waals surface area contributed by atoms with Gasteiger partial charge in [0.2, 0.25) is 0 Å². The summed E-state index contributed by atoms with van der Waals surface area (Å²) in [6.07, 6.45) is 2.74. The summed E-state index contributed by atoms with van der Waals surface area (Å²) in [5.74, 6) is -0.976. The van der Waals surface area contributed by atoms with Crippen LogP contribution in [0.2, 0.25) is 0 Å². The van der Waals surface area contributed by atoms with Gasteiger partial charge in [0, 0.05) is 12.6 Å². The quantitative estimate of drug-likeness (QED) is 0.797. The fourth-order valence-electron chi connectivity index (χ4n) is 2.73. The Kier molecular flexibility index (Phi) is 5.20. The van der Waals surface area contributed by atoms with E-state index >= 15 is 0 Å². The number of urea groups is 1. The van der Waals surface area contributed by atoms with Crippen molar-refractivity contribution in [1.82, 2.24) is 10.6 Å². The molecule has 2 amide bonds. The Morgan fingerprint density at radius 2 is 1.95 bits per heavy atom. The maximum Gasteiger partial charge on any atom is 0.315 e. The van der Waals surface area contributed by atoms with Gasteiger partial charge in [-0.05, 0) is 38.2 Å². The van der Waals surface area contributed by atoms with E-state index in [9.17, 15) is 9.59 Å². The number of aliphatic carboxylic acids is 1. The molecule has 2 rings (SSSR count). The third kappa shape index (κ3) is 4.77.